The Morgan fingerprint density at radius 1 is 0.556 bits per heavy atom. The van der Waals surface area contributed by atoms with Crippen molar-refractivity contribution in [2.45, 2.75) is 52.4 Å². The Balaban J connectivity index is 1.24. The number of pyridine rings is 1. The number of rotatable bonds is 2. The highest BCUT2D eigenvalue weighted by Crippen LogP contribution is 2.62. The summed E-state index contributed by atoms with van der Waals surface area (Å²) in [6.45, 7) is 14.5. The molecule has 3 aromatic heterocycles. The number of hydrogen-bond acceptors (Lipinski definition) is 1. The van der Waals surface area contributed by atoms with Gasteiger partial charge in [-0.1, -0.05) is 90.1 Å². The third-order valence-electron chi connectivity index (χ3n) is 12.1. The van der Waals surface area contributed by atoms with Gasteiger partial charge in [0.1, 0.15) is 0 Å². The van der Waals surface area contributed by atoms with Gasteiger partial charge in [0.05, 0.1) is 22.2 Å². The summed E-state index contributed by atoms with van der Waals surface area (Å²) in [7, 11) is 0. The van der Waals surface area contributed by atoms with Gasteiger partial charge in [0.2, 0.25) is 0 Å². The van der Waals surface area contributed by atoms with Gasteiger partial charge in [-0.15, -0.1) is 0 Å². The first kappa shape index (κ1) is 26.5. The summed E-state index contributed by atoms with van der Waals surface area (Å²) in [6.07, 6.45) is 1.88. The van der Waals surface area contributed by atoms with Gasteiger partial charge in [-0.3, -0.25) is 4.98 Å². The van der Waals surface area contributed by atoms with Crippen molar-refractivity contribution in [3.63, 3.8) is 0 Å². The van der Waals surface area contributed by atoms with Crippen molar-refractivity contribution >= 4 is 54.5 Å². The fourth-order valence-electron chi connectivity index (χ4n) is 8.30. The monoisotopic (exact) mass is 583 g/mol. The van der Waals surface area contributed by atoms with E-state index in [-0.39, 0.29) is 16.2 Å². The second kappa shape index (κ2) is 8.63. The lowest BCUT2D eigenvalue weighted by Gasteiger charge is -2.44. The van der Waals surface area contributed by atoms with Crippen molar-refractivity contribution in [2.75, 3.05) is 0 Å². The Kier molecular flexibility index (Phi) is 5.09. The Labute approximate surface area is 263 Å². The largest absolute Gasteiger partial charge is 0.355 e. The van der Waals surface area contributed by atoms with Crippen LogP contribution in [0.2, 0.25) is 0 Å². The van der Waals surface area contributed by atoms with Crippen molar-refractivity contribution in [3.8, 4) is 16.8 Å². The topological polar surface area (TPSA) is 33.6 Å². The van der Waals surface area contributed by atoms with Crippen LogP contribution in [-0.4, -0.2) is 14.5 Å². The molecule has 0 saturated carbocycles. The van der Waals surface area contributed by atoms with Gasteiger partial charge in [-0.25, -0.2) is 0 Å². The zero-order chi connectivity index (χ0) is 30.9. The molecular formula is C42H37N3. The van der Waals surface area contributed by atoms with Crippen LogP contribution in [-0.2, 0) is 10.8 Å². The lowest BCUT2D eigenvalue weighted by molar-refractivity contribution is 0.125. The molecule has 1 aliphatic carbocycles. The highest BCUT2D eigenvalue weighted by molar-refractivity contribution is 6.12. The number of nitrogens with zero attached hydrogens (tertiary/aromatic N) is 2. The quantitative estimate of drug-likeness (QED) is 0.216. The lowest BCUT2D eigenvalue weighted by Crippen LogP contribution is -2.42. The summed E-state index contributed by atoms with van der Waals surface area (Å²) in [5.41, 5.74) is 12.6. The van der Waals surface area contributed by atoms with E-state index < -0.39 is 0 Å². The van der Waals surface area contributed by atoms with Gasteiger partial charge in [0, 0.05) is 44.2 Å². The smallest absolute Gasteiger partial charge is 0.0942 e. The Hall–Kier alpha value is -4.89. The first-order valence-electron chi connectivity index (χ1n) is 16.1. The molecule has 45 heavy (non-hydrogen) atoms. The molecule has 0 aliphatic heterocycles. The van der Waals surface area contributed by atoms with E-state index in [0.717, 1.165) is 16.6 Å². The standard InChI is InChI=1S/C42H37N3/c1-40(2)32-23-30-29-21-26(16-18-34(29)44-35(30)24-33(32)41(3,4)42(40,5)6)27-17-19-37-31(22-27)28-13-7-8-14-36(28)45(37)38-15-9-11-25-12-10-20-43-39(25)38/h7-24,44H,1-6H3. The van der Waals surface area contributed by atoms with E-state index in [1.165, 1.54) is 65.9 Å². The van der Waals surface area contributed by atoms with Crippen LogP contribution in [0.4, 0.5) is 0 Å². The highest BCUT2D eigenvalue weighted by Gasteiger charge is 2.56. The SMILES string of the molecule is CC1(C)c2cc3[nH]c4ccc(-c5ccc6c(c5)c5ccccc5n6-c5cccc6cccnc56)cc4c3cc2C(C)(C)C1(C)C. The van der Waals surface area contributed by atoms with Crippen LogP contribution in [0, 0.1) is 5.41 Å². The molecule has 0 bridgehead atoms. The predicted octanol–water partition coefficient (Wildman–Crippen LogP) is 11.2. The van der Waals surface area contributed by atoms with Crippen LogP contribution in [0.1, 0.15) is 52.7 Å². The summed E-state index contributed by atoms with van der Waals surface area (Å²) in [4.78, 5) is 8.55. The Bertz CT molecular complexity index is 2510. The summed E-state index contributed by atoms with van der Waals surface area (Å²) >= 11 is 0. The summed E-state index contributed by atoms with van der Waals surface area (Å²) in [5.74, 6) is 0. The van der Waals surface area contributed by atoms with Gasteiger partial charge >= 0.3 is 0 Å². The number of para-hydroxylation sites is 2. The van der Waals surface area contributed by atoms with Gasteiger partial charge in [-0.2, -0.15) is 0 Å². The number of benzene rings is 5. The number of hydrogen-bond donors (Lipinski definition) is 1. The number of fused-ring (bicyclic) bond motifs is 8. The molecule has 5 aromatic carbocycles. The van der Waals surface area contributed by atoms with Crippen LogP contribution in [0.15, 0.2) is 109 Å². The van der Waals surface area contributed by atoms with E-state index in [0.29, 0.717) is 0 Å². The number of nitrogens with one attached hydrogen (secondary N) is 1. The fourth-order valence-corrected chi connectivity index (χ4v) is 8.30. The summed E-state index contributed by atoms with van der Waals surface area (Å²) in [5, 5.41) is 6.24. The maximum atomic E-state index is 4.79. The molecule has 0 saturated heterocycles. The molecule has 1 aliphatic rings. The number of aromatic amines is 1. The van der Waals surface area contributed by atoms with Crippen LogP contribution in [0.25, 0.3) is 71.3 Å². The summed E-state index contributed by atoms with van der Waals surface area (Å²) in [6, 6.07) is 38.1. The number of H-pyrrole nitrogens is 1. The molecule has 0 unspecified atom stereocenters. The zero-order valence-electron chi connectivity index (χ0n) is 26.8. The highest BCUT2D eigenvalue weighted by atomic mass is 15.0. The average Bonchev–Trinajstić information content (AvgIpc) is 3.60. The second-order valence-corrected chi connectivity index (χ2v) is 14.6. The first-order chi connectivity index (χ1) is 21.6. The predicted molar refractivity (Wildman–Crippen MR) is 191 cm³/mol. The maximum absolute atomic E-state index is 4.79. The van der Waals surface area contributed by atoms with Crippen LogP contribution >= 0.6 is 0 Å². The van der Waals surface area contributed by atoms with Crippen molar-refractivity contribution in [3.05, 3.63) is 120 Å². The van der Waals surface area contributed by atoms with Gasteiger partial charge in [0.25, 0.3) is 0 Å². The molecule has 0 atom stereocenters. The first-order valence-corrected chi connectivity index (χ1v) is 16.1. The van der Waals surface area contributed by atoms with Gasteiger partial charge in [0.15, 0.2) is 0 Å². The number of aromatic nitrogens is 3. The Morgan fingerprint density at radius 3 is 2.04 bits per heavy atom. The molecule has 8 aromatic rings. The van der Waals surface area contributed by atoms with Crippen molar-refractivity contribution in [2.24, 2.45) is 5.41 Å². The molecule has 3 heterocycles. The normalized spacial score (nSPS) is 16.8. The lowest BCUT2D eigenvalue weighted by atomic mass is 9.59. The summed E-state index contributed by atoms with van der Waals surface area (Å²) < 4.78 is 2.37. The minimum Gasteiger partial charge on any atom is -0.355 e. The maximum Gasteiger partial charge on any atom is 0.0942 e. The van der Waals surface area contributed by atoms with E-state index in [2.05, 4.69) is 148 Å². The molecule has 9 rings (SSSR count). The van der Waals surface area contributed by atoms with Crippen LogP contribution in [0.3, 0.4) is 0 Å². The Morgan fingerprint density at radius 2 is 1.22 bits per heavy atom. The van der Waals surface area contributed by atoms with Crippen LogP contribution < -0.4 is 0 Å². The van der Waals surface area contributed by atoms with E-state index >= 15 is 0 Å². The van der Waals surface area contributed by atoms with E-state index in [9.17, 15) is 0 Å². The van der Waals surface area contributed by atoms with Crippen molar-refractivity contribution in [1.29, 1.82) is 0 Å². The van der Waals surface area contributed by atoms with Gasteiger partial charge < -0.3 is 9.55 Å². The van der Waals surface area contributed by atoms with Crippen molar-refractivity contribution in [1.82, 2.24) is 14.5 Å². The third-order valence-corrected chi connectivity index (χ3v) is 12.1. The second-order valence-electron chi connectivity index (χ2n) is 14.6. The average molecular weight is 584 g/mol. The zero-order valence-corrected chi connectivity index (χ0v) is 26.8. The van der Waals surface area contributed by atoms with E-state index in [1.54, 1.807) is 0 Å². The molecule has 1 N–H and O–H groups in total. The van der Waals surface area contributed by atoms with Crippen LogP contribution in [0.5, 0.6) is 0 Å². The van der Waals surface area contributed by atoms with Gasteiger partial charge in [-0.05, 0) is 93.1 Å². The minimum atomic E-state index is 0.0695. The van der Waals surface area contributed by atoms with E-state index in [4.69, 9.17) is 4.98 Å². The molecule has 3 nitrogen and oxygen atoms in total. The molecule has 0 spiro atoms. The molecule has 220 valence electrons. The molecule has 3 heteroatoms. The molecule has 0 radical (unpaired) electrons. The molecular weight excluding hydrogens is 546 g/mol. The van der Waals surface area contributed by atoms with Crippen molar-refractivity contribution < 1.29 is 0 Å². The molecule has 0 amide bonds. The fraction of sp³-hybridized carbons (Fsp3) is 0.214. The molecule has 0 fully saturated rings. The van der Waals surface area contributed by atoms with E-state index in [1.807, 2.05) is 12.3 Å². The third kappa shape index (κ3) is 3.33. The minimum absolute atomic E-state index is 0.0695.